The Hall–Kier alpha value is -0.700. The van der Waals surface area contributed by atoms with Crippen molar-refractivity contribution in [2.45, 2.75) is 30.5 Å². The molecule has 21 heavy (non-hydrogen) atoms. The van der Waals surface area contributed by atoms with E-state index >= 15 is 0 Å². The second-order valence-electron chi connectivity index (χ2n) is 6.97. The molecule has 0 aliphatic heterocycles. The van der Waals surface area contributed by atoms with Crippen molar-refractivity contribution in [3.63, 3.8) is 0 Å². The van der Waals surface area contributed by atoms with E-state index in [1.54, 1.807) is 14.2 Å². The summed E-state index contributed by atoms with van der Waals surface area (Å²) < 4.78 is 10.7. The van der Waals surface area contributed by atoms with Crippen LogP contribution in [0.25, 0.3) is 0 Å². The average Bonchev–Trinajstić information content (AvgIpc) is 2.96. The van der Waals surface area contributed by atoms with Crippen molar-refractivity contribution in [3.8, 4) is 11.5 Å². The Bertz CT molecular complexity index is 528. The molecule has 1 aromatic rings. The lowest BCUT2D eigenvalue weighted by Crippen LogP contribution is -2.12. The van der Waals surface area contributed by atoms with Crippen LogP contribution in [0.3, 0.4) is 0 Å². The zero-order valence-electron chi connectivity index (χ0n) is 12.7. The summed E-state index contributed by atoms with van der Waals surface area (Å²) >= 11 is 3.99. The molecule has 0 N–H and O–H groups in total. The molecule has 0 amide bonds. The van der Waals surface area contributed by atoms with Crippen molar-refractivity contribution < 1.29 is 9.47 Å². The van der Waals surface area contributed by atoms with E-state index in [9.17, 15) is 0 Å². The van der Waals surface area contributed by atoms with Crippen LogP contribution in [0.4, 0.5) is 0 Å². The van der Waals surface area contributed by atoms with Gasteiger partial charge in [-0.2, -0.15) is 0 Å². The Labute approximate surface area is 135 Å². The number of hydrogen-bond acceptors (Lipinski definition) is 2. The van der Waals surface area contributed by atoms with Crippen LogP contribution < -0.4 is 9.47 Å². The lowest BCUT2D eigenvalue weighted by Gasteiger charge is -2.16. The largest absolute Gasteiger partial charge is 0.493 e. The Morgan fingerprint density at radius 3 is 2.38 bits per heavy atom. The second-order valence-corrected chi connectivity index (χ2v) is 8.15. The fourth-order valence-corrected chi connectivity index (χ4v) is 6.32. The molecule has 0 heterocycles. The van der Waals surface area contributed by atoms with Crippen molar-refractivity contribution in [2.75, 3.05) is 14.2 Å². The summed E-state index contributed by atoms with van der Waals surface area (Å²) in [6, 6.07) is 6.31. The third-order valence-corrected chi connectivity index (χ3v) is 7.03. The van der Waals surface area contributed by atoms with Gasteiger partial charge in [0.1, 0.15) is 0 Å². The minimum Gasteiger partial charge on any atom is -0.493 e. The zero-order chi connectivity index (χ0) is 14.6. The third kappa shape index (κ3) is 2.19. The Balaban J connectivity index is 1.45. The van der Waals surface area contributed by atoms with E-state index in [1.807, 2.05) is 6.07 Å². The zero-order valence-corrected chi connectivity index (χ0v) is 14.3. The molecule has 2 nitrogen and oxygen atoms in total. The van der Waals surface area contributed by atoms with Gasteiger partial charge >= 0.3 is 0 Å². The lowest BCUT2D eigenvalue weighted by atomic mass is 9.97. The Kier molecular flexibility index (Phi) is 3.44. The molecule has 3 heteroatoms. The van der Waals surface area contributed by atoms with Crippen molar-refractivity contribution in [2.24, 2.45) is 29.6 Å². The van der Waals surface area contributed by atoms with Crippen LogP contribution in [0.1, 0.15) is 24.8 Å². The SMILES string of the molecule is COc1ccc(CC(Br)C2C3C4CCC(C4)C23)cc1OC. The van der Waals surface area contributed by atoms with Crippen molar-refractivity contribution >= 4 is 15.9 Å². The first-order valence-electron chi connectivity index (χ1n) is 8.08. The number of benzene rings is 1. The molecule has 3 aliphatic carbocycles. The minimum atomic E-state index is 0.619. The molecule has 4 rings (SSSR count). The summed E-state index contributed by atoms with van der Waals surface area (Å²) in [5.74, 6) is 6.75. The number of alkyl halides is 1. The molecule has 3 fully saturated rings. The highest BCUT2D eigenvalue weighted by Gasteiger charge is 2.66. The van der Waals surface area contributed by atoms with Crippen LogP contribution in [-0.4, -0.2) is 19.0 Å². The molecular formula is C18H23BrO2. The molecule has 0 spiro atoms. The van der Waals surface area contributed by atoms with E-state index in [4.69, 9.17) is 9.47 Å². The summed E-state index contributed by atoms with van der Waals surface area (Å²) in [5, 5.41) is 0. The highest BCUT2D eigenvalue weighted by molar-refractivity contribution is 9.09. The van der Waals surface area contributed by atoms with Crippen LogP contribution in [0.2, 0.25) is 0 Å². The number of ether oxygens (including phenoxy) is 2. The topological polar surface area (TPSA) is 18.5 Å². The van der Waals surface area contributed by atoms with Crippen LogP contribution in [0.15, 0.2) is 18.2 Å². The third-order valence-electron chi connectivity index (χ3n) is 6.09. The standard InChI is InChI=1S/C18H23BrO2/c1-20-14-6-3-10(8-15(14)21-2)7-13(19)18-16-11-4-5-12(9-11)17(16)18/h3,6,8,11-13,16-18H,4-5,7,9H2,1-2H3. The number of halogens is 1. The van der Waals surface area contributed by atoms with E-state index in [1.165, 1.54) is 24.8 Å². The maximum Gasteiger partial charge on any atom is 0.160 e. The van der Waals surface area contributed by atoms with Gasteiger partial charge in [-0.3, -0.25) is 0 Å². The van der Waals surface area contributed by atoms with Crippen molar-refractivity contribution in [3.05, 3.63) is 23.8 Å². The van der Waals surface area contributed by atoms with Gasteiger partial charge in [0.2, 0.25) is 0 Å². The van der Waals surface area contributed by atoms with Crippen molar-refractivity contribution in [1.29, 1.82) is 0 Å². The maximum atomic E-state index is 5.41. The summed E-state index contributed by atoms with van der Waals surface area (Å²) in [5.41, 5.74) is 1.34. The minimum absolute atomic E-state index is 0.619. The molecular weight excluding hydrogens is 328 g/mol. The molecule has 0 radical (unpaired) electrons. The van der Waals surface area contributed by atoms with Gasteiger partial charge in [-0.25, -0.2) is 0 Å². The van der Waals surface area contributed by atoms with Gasteiger partial charge in [0.05, 0.1) is 14.2 Å². The number of rotatable bonds is 5. The lowest BCUT2D eigenvalue weighted by molar-refractivity contribution is 0.354. The summed E-state index contributed by atoms with van der Waals surface area (Å²) in [6.07, 6.45) is 5.62. The summed E-state index contributed by atoms with van der Waals surface area (Å²) in [7, 11) is 3.39. The van der Waals surface area contributed by atoms with Gasteiger partial charge in [0.15, 0.2) is 11.5 Å². The summed E-state index contributed by atoms with van der Waals surface area (Å²) in [6.45, 7) is 0. The highest BCUT2D eigenvalue weighted by Crippen LogP contribution is 2.71. The fourth-order valence-electron chi connectivity index (χ4n) is 5.24. The molecule has 2 bridgehead atoms. The smallest absolute Gasteiger partial charge is 0.160 e. The van der Waals surface area contributed by atoms with E-state index < -0.39 is 0 Å². The fraction of sp³-hybridized carbons (Fsp3) is 0.667. The van der Waals surface area contributed by atoms with Crippen LogP contribution in [0, 0.1) is 29.6 Å². The molecule has 0 saturated heterocycles. The Morgan fingerprint density at radius 1 is 1.10 bits per heavy atom. The van der Waals surface area contributed by atoms with Gasteiger partial charge in [0.25, 0.3) is 0 Å². The molecule has 3 aliphatic rings. The highest BCUT2D eigenvalue weighted by atomic mass is 79.9. The van der Waals surface area contributed by atoms with Gasteiger partial charge in [-0.05, 0) is 73.0 Å². The van der Waals surface area contributed by atoms with Crippen molar-refractivity contribution in [1.82, 2.24) is 0 Å². The maximum absolute atomic E-state index is 5.41. The number of fused-ring (bicyclic) bond motifs is 5. The molecule has 114 valence electrons. The van der Waals surface area contributed by atoms with Gasteiger partial charge < -0.3 is 9.47 Å². The van der Waals surface area contributed by atoms with E-state index in [2.05, 4.69) is 28.1 Å². The van der Waals surface area contributed by atoms with E-state index in [0.717, 1.165) is 47.5 Å². The first-order valence-corrected chi connectivity index (χ1v) is 8.99. The quantitative estimate of drug-likeness (QED) is 0.737. The number of methoxy groups -OCH3 is 2. The van der Waals surface area contributed by atoms with E-state index in [0.29, 0.717) is 4.83 Å². The van der Waals surface area contributed by atoms with Crippen LogP contribution >= 0.6 is 15.9 Å². The first-order chi connectivity index (χ1) is 10.2. The monoisotopic (exact) mass is 350 g/mol. The van der Waals surface area contributed by atoms with E-state index in [-0.39, 0.29) is 0 Å². The molecule has 5 atom stereocenters. The van der Waals surface area contributed by atoms with Gasteiger partial charge in [-0.15, -0.1) is 0 Å². The summed E-state index contributed by atoms with van der Waals surface area (Å²) in [4.78, 5) is 0.619. The molecule has 5 unspecified atom stereocenters. The predicted molar refractivity (Wildman–Crippen MR) is 87.3 cm³/mol. The molecule has 1 aromatic carbocycles. The van der Waals surface area contributed by atoms with Gasteiger partial charge in [0, 0.05) is 4.83 Å². The second kappa shape index (κ2) is 5.19. The van der Waals surface area contributed by atoms with Crippen LogP contribution in [0.5, 0.6) is 11.5 Å². The molecule has 3 saturated carbocycles. The molecule has 0 aromatic heterocycles. The first kappa shape index (κ1) is 13.9. The number of hydrogen-bond donors (Lipinski definition) is 0. The Morgan fingerprint density at radius 2 is 1.76 bits per heavy atom. The normalized spacial score (nSPS) is 37.2. The average molecular weight is 351 g/mol. The predicted octanol–water partition coefficient (Wildman–Crippen LogP) is 4.30. The van der Waals surface area contributed by atoms with Crippen LogP contribution in [-0.2, 0) is 6.42 Å². The van der Waals surface area contributed by atoms with Gasteiger partial charge in [-0.1, -0.05) is 22.0 Å².